The van der Waals surface area contributed by atoms with E-state index in [0.717, 1.165) is 10.5 Å². The van der Waals surface area contributed by atoms with Crippen LogP contribution in [0.4, 0.5) is 21.0 Å². The molecule has 0 unspecified atom stereocenters. The molecule has 0 bridgehead atoms. The number of carbonyl (C=O) groups is 7. The predicted molar refractivity (Wildman–Crippen MR) is 196 cm³/mol. The number of Topliss-reactive ketones (excluding diaryl/α,β-unsaturated/α-hetero) is 1. The summed E-state index contributed by atoms with van der Waals surface area (Å²) in [6.07, 6.45) is 4.17. The number of hydrogen-bond donors (Lipinski definition) is 5. The molecule has 3 rings (SSSR count). The van der Waals surface area contributed by atoms with E-state index >= 15 is 0 Å². The first-order chi connectivity index (χ1) is 24.9. The molecule has 1 aliphatic rings. The number of halogens is 1. The minimum absolute atomic E-state index is 0.00946. The Morgan fingerprint density at radius 2 is 1.44 bits per heavy atom. The fourth-order valence-corrected chi connectivity index (χ4v) is 5.59. The molecule has 15 heteroatoms. The summed E-state index contributed by atoms with van der Waals surface area (Å²) in [5.41, 5.74) is 7.80. The SMILES string of the molecule is CC(C)[C@H](NC(=O)CCCCCN1C(=O)C=CC1=O)C(=O)C[C@@H](CCCNC(N)=O)C(=O)Nc1ccc(COC(=O)Nc2ccc(CCl)cc2)cc1. The molecule has 0 radical (unpaired) electrons. The zero-order valence-electron chi connectivity index (χ0n) is 29.5. The predicted octanol–water partition coefficient (Wildman–Crippen LogP) is 4.76. The Balaban J connectivity index is 1.51. The van der Waals surface area contributed by atoms with Gasteiger partial charge in [-0.1, -0.05) is 44.5 Å². The van der Waals surface area contributed by atoms with Gasteiger partial charge in [-0.05, 0) is 67.0 Å². The molecule has 52 heavy (non-hydrogen) atoms. The largest absolute Gasteiger partial charge is 0.444 e. The number of alkyl halides is 1. The summed E-state index contributed by atoms with van der Waals surface area (Å²) in [7, 11) is 0. The number of urea groups is 1. The third-order valence-electron chi connectivity index (χ3n) is 8.31. The number of anilines is 2. The van der Waals surface area contributed by atoms with E-state index in [4.69, 9.17) is 22.1 Å². The van der Waals surface area contributed by atoms with Gasteiger partial charge in [0.15, 0.2) is 5.78 Å². The zero-order chi connectivity index (χ0) is 38.0. The second kappa shape index (κ2) is 21.2. The molecule has 0 spiro atoms. The maximum absolute atomic E-state index is 13.5. The van der Waals surface area contributed by atoms with Crippen molar-refractivity contribution in [1.29, 1.82) is 0 Å². The third-order valence-corrected chi connectivity index (χ3v) is 8.62. The van der Waals surface area contributed by atoms with Crippen LogP contribution >= 0.6 is 11.6 Å². The number of carbonyl (C=O) groups excluding carboxylic acids is 7. The van der Waals surface area contributed by atoms with Crippen molar-refractivity contribution in [2.75, 3.05) is 23.7 Å². The van der Waals surface area contributed by atoms with Crippen molar-refractivity contribution in [1.82, 2.24) is 15.5 Å². The van der Waals surface area contributed by atoms with Gasteiger partial charge in [-0.3, -0.25) is 34.2 Å². The maximum Gasteiger partial charge on any atom is 0.411 e. The van der Waals surface area contributed by atoms with Gasteiger partial charge in [-0.2, -0.15) is 0 Å². The number of nitrogens with zero attached hydrogens (tertiary/aromatic N) is 1. The molecule has 7 amide bonds. The van der Waals surface area contributed by atoms with Gasteiger partial charge in [0, 0.05) is 61.3 Å². The fourth-order valence-electron chi connectivity index (χ4n) is 5.41. The van der Waals surface area contributed by atoms with E-state index in [1.807, 2.05) is 0 Å². The Morgan fingerprint density at radius 3 is 2.04 bits per heavy atom. The maximum atomic E-state index is 13.5. The van der Waals surface area contributed by atoms with Gasteiger partial charge in [0.25, 0.3) is 11.8 Å². The monoisotopic (exact) mass is 738 g/mol. The van der Waals surface area contributed by atoms with Crippen molar-refractivity contribution in [2.24, 2.45) is 17.6 Å². The number of nitrogens with two attached hydrogens (primary N) is 1. The lowest BCUT2D eigenvalue weighted by atomic mass is 9.89. The molecule has 2 atom stereocenters. The van der Waals surface area contributed by atoms with Gasteiger partial charge in [0.2, 0.25) is 11.8 Å². The quantitative estimate of drug-likeness (QED) is 0.0684. The smallest absolute Gasteiger partial charge is 0.411 e. The van der Waals surface area contributed by atoms with Crippen molar-refractivity contribution < 1.29 is 38.3 Å². The molecule has 6 N–H and O–H groups in total. The molecular weight excluding hydrogens is 692 g/mol. The highest BCUT2D eigenvalue weighted by Gasteiger charge is 2.29. The summed E-state index contributed by atoms with van der Waals surface area (Å²) >= 11 is 5.79. The first-order valence-corrected chi connectivity index (χ1v) is 17.8. The summed E-state index contributed by atoms with van der Waals surface area (Å²) in [6.45, 7) is 4.10. The molecule has 0 aromatic heterocycles. The number of nitrogens with one attached hydrogen (secondary N) is 4. The summed E-state index contributed by atoms with van der Waals surface area (Å²) < 4.78 is 5.30. The Labute approximate surface area is 308 Å². The van der Waals surface area contributed by atoms with E-state index in [2.05, 4.69) is 21.3 Å². The van der Waals surface area contributed by atoms with Crippen LogP contribution in [0, 0.1) is 11.8 Å². The number of primary amides is 1. The first kappa shape index (κ1) is 41.2. The molecule has 2 aromatic carbocycles. The summed E-state index contributed by atoms with van der Waals surface area (Å²) in [5.74, 6) is -2.35. The van der Waals surface area contributed by atoms with Crippen LogP contribution < -0.4 is 27.0 Å². The number of hydrogen-bond acceptors (Lipinski definition) is 8. The second-order valence-corrected chi connectivity index (χ2v) is 13.0. The highest BCUT2D eigenvalue weighted by molar-refractivity contribution is 6.17. The first-order valence-electron chi connectivity index (χ1n) is 17.2. The Kier molecular flexibility index (Phi) is 16.8. The second-order valence-electron chi connectivity index (χ2n) is 12.8. The number of unbranched alkanes of at least 4 members (excludes halogenated alkanes) is 2. The standard InChI is InChI=1S/C37H47ClN6O8/c1-24(2)34(43-31(46)8-4-3-5-20-44-32(47)17-18-33(44)48)30(45)21-27(7-6-19-40-36(39)50)35(49)41-28-15-11-26(12-16-28)23-52-37(51)42-29-13-9-25(22-38)10-14-29/h9-18,24,27,34H,3-8,19-23H2,1-2H3,(H,41,49)(H,42,51)(H,43,46)(H3,39,40,50)/t27-,34+/m1/s1. The van der Waals surface area contributed by atoms with Crippen LogP contribution in [0.5, 0.6) is 0 Å². The number of rotatable bonds is 21. The molecule has 0 saturated carbocycles. The van der Waals surface area contributed by atoms with Crippen molar-refractivity contribution in [3.8, 4) is 0 Å². The minimum Gasteiger partial charge on any atom is -0.444 e. The van der Waals surface area contributed by atoms with E-state index in [0.29, 0.717) is 48.5 Å². The molecule has 1 heterocycles. The topological polar surface area (TPSA) is 206 Å². The molecule has 14 nitrogen and oxygen atoms in total. The summed E-state index contributed by atoms with van der Waals surface area (Å²) in [4.78, 5) is 87.6. The number of ether oxygens (including phenoxy) is 1. The summed E-state index contributed by atoms with van der Waals surface area (Å²) in [6, 6.07) is 12.2. The molecule has 0 fully saturated rings. The van der Waals surface area contributed by atoms with E-state index in [-0.39, 0.29) is 68.4 Å². The molecule has 2 aromatic rings. The Hall–Kier alpha value is -5.24. The van der Waals surface area contributed by atoms with Gasteiger partial charge in [0.1, 0.15) is 6.61 Å². The van der Waals surface area contributed by atoms with Crippen molar-refractivity contribution in [2.45, 2.75) is 77.3 Å². The summed E-state index contributed by atoms with van der Waals surface area (Å²) in [5, 5.41) is 10.8. The average Bonchev–Trinajstić information content (AvgIpc) is 3.43. The lowest BCUT2D eigenvalue weighted by Crippen LogP contribution is -2.45. The molecule has 0 saturated heterocycles. The van der Waals surface area contributed by atoms with E-state index in [1.165, 1.54) is 12.2 Å². The van der Waals surface area contributed by atoms with Gasteiger partial charge < -0.3 is 26.4 Å². The van der Waals surface area contributed by atoms with Gasteiger partial charge in [0.05, 0.1) is 6.04 Å². The van der Waals surface area contributed by atoms with Crippen LogP contribution in [0.15, 0.2) is 60.7 Å². The van der Waals surface area contributed by atoms with E-state index in [1.54, 1.807) is 62.4 Å². The number of imide groups is 1. The molecule has 1 aliphatic heterocycles. The third kappa shape index (κ3) is 14.2. The molecular formula is C37H47ClN6O8. The average molecular weight is 739 g/mol. The number of benzene rings is 2. The molecule has 0 aliphatic carbocycles. The Bertz CT molecular complexity index is 1580. The number of amides is 7. The molecule has 280 valence electrons. The highest BCUT2D eigenvalue weighted by Crippen LogP contribution is 2.20. The highest BCUT2D eigenvalue weighted by atomic mass is 35.5. The fraction of sp³-hybridized carbons (Fsp3) is 0.432. The van der Waals surface area contributed by atoms with Crippen LogP contribution in [0.3, 0.4) is 0 Å². The normalized spacial score (nSPS) is 13.4. The van der Waals surface area contributed by atoms with Gasteiger partial charge in [-0.15, -0.1) is 11.6 Å². The van der Waals surface area contributed by atoms with E-state index in [9.17, 15) is 33.6 Å². The van der Waals surface area contributed by atoms with Crippen molar-refractivity contribution in [3.63, 3.8) is 0 Å². The lowest BCUT2D eigenvalue weighted by Gasteiger charge is -2.24. The van der Waals surface area contributed by atoms with Crippen LogP contribution in [0.25, 0.3) is 0 Å². The van der Waals surface area contributed by atoms with Crippen LogP contribution in [0.1, 0.15) is 69.9 Å². The van der Waals surface area contributed by atoms with Crippen LogP contribution in [-0.2, 0) is 41.2 Å². The van der Waals surface area contributed by atoms with E-state index < -0.39 is 30.0 Å². The van der Waals surface area contributed by atoms with Crippen molar-refractivity contribution >= 4 is 64.5 Å². The zero-order valence-corrected chi connectivity index (χ0v) is 30.2. The van der Waals surface area contributed by atoms with Gasteiger partial charge in [-0.25, -0.2) is 9.59 Å². The lowest BCUT2D eigenvalue weighted by molar-refractivity contribution is -0.137. The van der Waals surface area contributed by atoms with Crippen molar-refractivity contribution in [3.05, 3.63) is 71.8 Å². The van der Waals surface area contributed by atoms with Crippen LogP contribution in [-0.4, -0.2) is 65.6 Å². The van der Waals surface area contributed by atoms with Crippen LogP contribution in [0.2, 0.25) is 0 Å². The Morgan fingerprint density at radius 1 is 0.827 bits per heavy atom. The van der Waals surface area contributed by atoms with Gasteiger partial charge >= 0.3 is 12.1 Å². The minimum atomic E-state index is -0.820. The number of ketones is 1.